The van der Waals surface area contributed by atoms with Gasteiger partial charge in [-0.25, -0.2) is 13.6 Å². The van der Waals surface area contributed by atoms with Gasteiger partial charge in [0.1, 0.15) is 11.6 Å². The zero-order valence-electron chi connectivity index (χ0n) is 14.7. The van der Waals surface area contributed by atoms with E-state index in [0.717, 1.165) is 24.1 Å². The molecule has 26 heavy (non-hydrogen) atoms. The zero-order chi connectivity index (χ0) is 18.5. The molecule has 1 aliphatic rings. The highest BCUT2D eigenvalue weighted by atomic mass is 19.1. The Hall–Kier alpha value is -2.63. The summed E-state index contributed by atoms with van der Waals surface area (Å²) in [6.45, 7) is 1.35. The van der Waals surface area contributed by atoms with Crippen LogP contribution < -0.4 is 10.6 Å². The summed E-state index contributed by atoms with van der Waals surface area (Å²) in [5.74, 6) is -0.275. The van der Waals surface area contributed by atoms with Gasteiger partial charge in [0.2, 0.25) is 0 Å². The van der Waals surface area contributed by atoms with E-state index in [1.807, 2.05) is 0 Å². The third-order valence-electron chi connectivity index (χ3n) is 4.91. The van der Waals surface area contributed by atoms with Gasteiger partial charge in [0, 0.05) is 25.8 Å². The van der Waals surface area contributed by atoms with Crippen molar-refractivity contribution in [3.05, 3.63) is 65.7 Å². The summed E-state index contributed by atoms with van der Waals surface area (Å²) in [6, 6.07) is 12.6. The van der Waals surface area contributed by atoms with Crippen LogP contribution in [-0.4, -0.2) is 31.1 Å². The number of halogens is 2. The predicted octanol–water partition coefficient (Wildman–Crippen LogP) is 4.17. The van der Waals surface area contributed by atoms with Crippen LogP contribution in [0.4, 0.5) is 19.3 Å². The monoisotopic (exact) mass is 359 g/mol. The summed E-state index contributed by atoms with van der Waals surface area (Å²) in [5.41, 5.74) is 1.79. The van der Waals surface area contributed by atoms with Gasteiger partial charge in [0.15, 0.2) is 0 Å². The molecule has 1 saturated heterocycles. The fourth-order valence-electron chi connectivity index (χ4n) is 3.46. The number of benzene rings is 2. The van der Waals surface area contributed by atoms with Crippen LogP contribution in [-0.2, 0) is 0 Å². The number of piperidine rings is 1. The second-order valence-electron chi connectivity index (χ2n) is 6.56. The van der Waals surface area contributed by atoms with Gasteiger partial charge < -0.3 is 15.5 Å². The number of carbonyl (C=O) groups is 1. The van der Waals surface area contributed by atoms with E-state index < -0.39 is 0 Å². The molecule has 2 aromatic rings. The van der Waals surface area contributed by atoms with Crippen molar-refractivity contribution < 1.29 is 13.6 Å². The molecule has 0 spiro atoms. The van der Waals surface area contributed by atoms with Crippen molar-refractivity contribution in [2.45, 2.75) is 18.9 Å². The average molecular weight is 359 g/mol. The second-order valence-corrected chi connectivity index (χ2v) is 6.56. The second kappa shape index (κ2) is 8.17. The fourth-order valence-corrected chi connectivity index (χ4v) is 3.46. The van der Waals surface area contributed by atoms with Gasteiger partial charge in [0.25, 0.3) is 0 Å². The molecule has 2 N–H and O–H groups in total. The maximum atomic E-state index is 13.3. The molecule has 138 valence electrons. The van der Waals surface area contributed by atoms with Crippen LogP contribution in [0.2, 0.25) is 0 Å². The molecule has 0 bridgehead atoms. The quantitative estimate of drug-likeness (QED) is 0.861. The summed E-state index contributed by atoms with van der Waals surface area (Å²) in [7, 11) is 1.63. The minimum atomic E-state index is -0.284. The number of nitrogens with zero attached hydrogens (tertiary/aromatic N) is 1. The molecule has 0 aromatic heterocycles. The topological polar surface area (TPSA) is 44.4 Å². The summed E-state index contributed by atoms with van der Waals surface area (Å²) < 4.78 is 26.5. The smallest absolute Gasteiger partial charge is 0.317 e. The van der Waals surface area contributed by atoms with E-state index in [2.05, 4.69) is 10.6 Å². The molecule has 4 nitrogen and oxygen atoms in total. The van der Waals surface area contributed by atoms with Gasteiger partial charge in [-0.2, -0.15) is 0 Å². The lowest BCUT2D eigenvalue weighted by Crippen LogP contribution is -2.44. The summed E-state index contributed by atoms with van der Waals surface area (Å²) in [5, 5.41) is 6.12. The Kier molecular flexibility index (Phi) is 5.71. The van der Waals surface area contributed by atoms with Crippen LogP contribution >= 0.6 is 0 Å². The highest BCUT2D eigenvalue weighted by Crippen LogP contribution is 2.34. The fraction of sp³-hybridized carbons (Fsp3) is 0.350. The molecule has 2 aromatic carbocycles. The van der Waals surface area contributed by atoms with Crippen molar-refractivity contribution in [1.29, 1.82) is 0 Å². The molecule has 6 heteroatoms. The molecular weight excluding hydrogens is 336 g/mol. The molecule has 1 aliphatic heterocycles. The minimum Gasteiger partial charge on any atom is -0.378 e. The number of carbonyl (C=O) groups excluding carboxylic acids is 1. The molecular formula is C20H23F2N3O. The first-order valence-electron chi connectivity index (χ1n) is 8.81. The van der Waals surface area contributed by atoms with Crippen LogP contribution in [0.5, 0.6) is 0 Å². The standard InChI is InChI=1S/C20H23F2N3O/c1-23-20(26)25-12-10-15(11-13-25)19(14-2-4-16(21)5-3-14)24-18-8-6-17(22)7-9-18/h2-9,15,19,24H,10-13H2,1H3,(H,23,26). The third kappa shape index (κ3) is 4.31. The number of urea groups is 1. The zero-order valence-corrected chi connectivity index (χ0v) is 14.7. The van der Waals surface area contributed by atoms with Gasteiger partial charge in [0.05, 0.1) is 6.04 Å². The first-order valence-corrected chi connectivity index (χ1v) is 8.81. The minimum absolute atomic E-state index is 0.0344. The molecule has 1 fully saturated rings. The Morgan fingerprint density at radius 3 is 2.08 bits per heavy atom. The van der Waals surface area contributed by atoms with Gasteiger partial charge in [-0.1, -0.05) is 12.1 Å². The summed E-state index contributed by atoms with van der Waals surface area (Å²) in [6.07, 6.45) is 1.67. The van der Waals surface area contributed by atoms with E-state index in [0.29, 0.717) is 13.1 Å². The third-order valence-corrected chi connectivity index (χ3v) is 4.91. The molecule has 0 aliphatic carbocycles. The molecule has 1 heterocycles. The van der Waals surface area contributed by atoms with E-state index in [1.54, 1.807) is 36.2 Å². The lowest BCUT2D eigenvalue weighted by atomic mass is 9.85. The Labute approximate surface area is 152 Å². The maximum Gasteiger partial charge on any atom is 0.317 e. The first-order chi connectivity index (χ1) is 12.6. The van der Waals surface area contributed by atoms with Crippen molar-refractivity contribution in [3.63, 3.8) is 0 Å². The van der Waals surface area contributed by atoms with E-state index in [1.165, 1.54) is 24.3 Å². The SMILES string of the molecule is CNC(=O)N1CCC(C(Nc2ccc(F)cc2)c2ccc(F)cc2)CC1. The number of hydrogen-bond acceptors (Lipinski definition) is 2. The molecule has 0 radical (unpaired) electrons. The Bertz CT molecular complexity index is 726. The summed E-state index contributed by atoms with van der Waals surface area (Å²) >= 11 is 0. The molecule has 1 atom stereocenters. The lowest BCUT2D eigenvalue weighted by Gasteiger charge is -2.37. The number of likely N-dealkylation sites (tertiary alicyclic amines) is 1. The van der Waals surface area contributed by atoms with Crippen LogP contribution in [0.15, 0.2) is 48.5 Å². The van der Waals surface area contributed by atoms with Crippen LogP contribution in [0.25, 0.3) is 0 Å². The molecule has 2 amide bonds. The Balaban J connectivity index is 1.78. The number of anilines is 1. The van der Waals surface area contributed by atoms with Crippen LogP contribution in [0.1, 0.15) is 24.4 Å². The normalized spacial score (nSPS) is 16.2. The first kappa shape index (κ1) is 18.2. The number of rotatable bonds is 4. The number of amides is 2. The highest BCUT2D eigenvalue weighted by Gasteiger charge is 2.29. The number of hydrogen-bond donors (Lipinski definition) is 2. The number of nitrogens with one attached hydrogen (secondary N) is 2. The molecule has 3 rings (SSSR count). The predicted molar refractivity (Wildman–Crippen MR) is 97.9 cm³/mol. The highest BCUT2D eigenvalue weighted by molar-refractivity contribution is 5.73. The van der Waals surface area contributed by atoms with Crippen molar-refractivity contribution in [2.24, 2.45) is 5.92 Å². The van der Waals surface area contributed by atoms with E-state index in [4.69, 9.17) is 0 Å². The van der Waals surface area contributed by atoms with Gasteiger partial charge in [-0.15, -0.1) is 0 Å². The van der Waals surface area contributed by atoms with Crippen molar-refractivity contribution in [1.82, 2.24) is 10.2 Å². The molecule has 1 unspecified atom stereocenters. The average Bonchev–Trinajstić information content (AvgIpc) is 2.68. The van der Waals surface area contributed by atoms with Crippen molar-refractivity contribution in [2.75, 3.05) is 25.5 Å². The van der Waals surface area contributed by atoms with Gasteiger partial charge in [-0.3, -0.25) is 0 Å². The van der Waals surface area contributed by atoms with E-state index in [-0.39, 0.29) is 29.6 Å². The van der Waals surface area contributed by atoms with Crippen molar-refractivity contribution >= 4 is 11.7 Å². The van der Waals surface area contributed by atoms with Gasteiger partial charge in [-0.05, 0) is 60.7 Å². The molecule has 0 saturated carbocycles. The van der Waals surface area contributed by atoms with E-state index in [9.17, 15) is 13.6 Å². The van der Waals surface area contributed by atoms with E-state index >= 15 is 0 Å². The van der Waals surface area contributed by atoms with Gasteiger partial charge >= 0.3 is 6.03 Å². The largest absolute Gasteiger partial charge is 0.378 e. The van der Waals surface area contributed by atoms with Crippen LogP contribution in [0.3, 0.4) is 0 Å². The Morgan fingerprint density at radius 1 is 1.00 bits per heavy atom. The van der Waals surface area contributed by atoms with Crippen molar-refractivity contribution in [3.8, 4) is 0 Å². The lowest BCUT2D eigenvalue weighted by molar-refractivity contribution is 0.167. The van der Waals surface area contributed by atoms with Crippen LogP contribution in [0, 0.1) is 17.6 Å². The Morgan fingerprint density at radius 2 is 1.54 bits per heavy atom. The maximum absolute atomic E-state index is 13.3. The summed E-state index contributed by atoms with van der Waals surface area (Å²) in [4.78, 5) is 13.6.